The van der Waals surface area contributed by atoms with E-state index in [1.54, 1.807) is 6.20 Å². The first-order valence-electron chi connectivity index (χ1n) is 5.92. The van der Waals surface area contributed by atoms with E-state index in [-0.39, 0.29) is 11.2 Å². The highest BCUT2D eigenvalue weighted by Gasteiger charge is 2.48. The Labute approximate surface area is 108 Å². The summed E-state index contributed by atoms with van der Waals surface area (Å²) in [4.78, 5) is 5.27. The fraction of sp³-hybridized carbons (Fsp3) is 0.538. The van der Waals surface area contributed by atoms with Crippen LogP contribution in [0, 0.1) is 5.92 Å². The van der Waals surface area contributed by atoms with Crippen LogP contribution in [0.2, 0.25) is 0 Å². The van der Waals surface area contributed by atoms with Crippen LogP contribution in [0.15, 0.2) is 24.4 Å². The Morgan fingerprint density at radius 2 is 2.00 bits per heavy atom. The molecular formula is C13H19N3S. The lowest BCUT2D eigenvalue weighted by Crippen LogP contribution is -2.51. The lowest BCUT2D eigenvalue weighted by Gasteiger charge is -2.31. The third-order valence-corrected chi connectivity index (χ3v) is 4.20. The topological polar surface area (TPSA) is 37.0 Å². The van der Waals surface area contributed by atoms with E-state index in [1.165, 1.54) is 0 Å². The van der Waals surface area contributed by atoms with Crippen LogP contribution >= 0.6 is 12.2 Å². The van der Waals surface area contributed by atoms with E-state index in [1.807, 2.05) is 18.2 Å². The van der Waals surface area contributed by atoms with Gasteiger partial charge in [-0.1, -0.05) is 32.1 Å². The summed E-state index contributed by atoms with van der Waals surface area (Å²) in [5.74, 6) is 0.424. The van der Waals surface area contributed by atoms with Gasteiger partial charge in [0.15, 0.2) is 0 Å². The van der Waals surface area contributed by atoms with Crippen molar-refractivity contribution in [3.63, 3.8) is 0 Å². The molecule has 1 aromatic heterocycles. The molecule has 0 unspecified atom stereocenters. The van der Waals surface area contributed by atoms with Crippen molar-refractivity contribution in [1.29, 1.82) is 0 Å². The molecule has 1 fully saturated rings. The summed E-state index contributed by atoms with van der Waals surface area (Å²) in [7, 11) is 0. The average molecular weight is 249 g/mol. The van der Waals surface area contributed by atoms with Gasteiger partial charge in [0.05, 0.1) is 16.2 Å². The molecule has 2 rings (SSSR count). The highest BCUT2D eigenvalue weighted by Crippen LogP contribution is 2.31. The third-order valence-electron chi connectivity index (χ3n) is 3.68. The van der Waals surface area contributed by atoms with Crippen molar-refractivity contribution in [2.24, 2.45) is 5.92 Å². The summed E-state index contributed by atoms with van der Waals surface area (Å²) in [5, 5.41) is 6.97. The summed E-state index contributed by atoms with van der Waals surface area (Å²) in [5.41, 5.74) is 0.408. The molecule has 1 aromatic rings. The molecule has 0 spiro atoms. The van der Waals surface area contributed by atoms with Crippen LogP contribution < -0.4 is 10.6 Å². The molecule has 4 heteroatoms. The van der Waals surface area contributed by atoms with E-state index in [4.69, 9.17) is 12.2 Å². The van der Waals surface area contributed by atoms with Crippen molar-refractivity contribution in [1.82, 2.24) is 15.6 Å². The van der Waals surface area contributed by atoms with Crippen LogP contribution in [0.3, 0.4) is 0 Å². The van der Waals surface area contributed by atoms with Crippen molar-refractivity contribution in [3.8, 4) is 0 Å². The zero-order valence-electron chi connectivity index (χ0n) is 10.7. The average Bonchev–Trinajstić information content (AvgIpc) is 2.53. The smallest absolute Gasteiger partial charge is 0.130 e. The molecule has 0 aromatic carbocycles. The van der Waals surface area contributed by atoms with E-state index >= 15 is 0 Å². The van der Waals surface area contributed by atoms with Gasteiger partial charge in [-0.2, -0.15) is 0 Å². The first-order chi connectivity index (χ1) is 7.88. The second-order valence-electron chi connectivity index (χ2n) is 5.28. The second kappa shape index (κ2) is 4.03. The van der Waals surface area contributed by atoms with Crippen LogP contribution in [0.25, 0.3) is 0 Å². The Balaban J connectivity index is 2.36. The van der Waals surface area contributed by atoms with E-state index in [9.17, 15) is 0 Å². The summed E-state index contributed by atoms with van der Waals surface area (Å²) < 4.78 is 0. The number of hydrogen-bond donors (Lipinski definition) is 2. The van der Waals surface area contributed by atoms with Crippen molar-refractivity contribution in [3.05, 3.63) is 30.1 Å². The Kier molecular flexibility index (Phi) is 2.96. The van der Waals surface area contributed by atoms with Gasteiger partial charge in [0.2, 0.25) is 0 Å². The van der Waals surface area contributed by atoms with Gasteiger partial charge in [0.1, 0.15) is 5.66 Å². The van der Waals surface area contributed by atoms with Crippen LogP contribution in [0.1, 0.15) is 33.4 Å². The number of nitrogens with zero attached hydrogens (tertiary/aromatic N) is 1. The first-order valence-corrected chi connectivity index (χ1v) is 6.33. The zero-order chi connectivity index (χ0) is 12.7. The minimum Gasteiger partial charge on any atom is -0.355 e. The maximum atomic E-state index is 5.48. The summed E-state index contributed by atoms with van der Waals surface area (Å²) in [6, 6.07) is 5.92. The number of aromatic nitrogens is 1. The monoisotopic (exact) mass is 249 g/mol. The van der Waals surface area contributed by atoms with Crippen molar-refractivity contribution in [2.45, 2.75) is 38.9 Å². The van der Waals surface area contributed by atoms with Crippen LogP contribution in [-0.4, -0.2) is 15.5 Å². The predicted molar refractivity (Wildman–Crippen MR) is 73.7 cm³/mol. The first kappa shape index (κ1) is 12.5. The van der Waals surface area contributed by atoms with Gasteiger partial charge >= 0.3 is 0 Å². The van der Waals surface area contributed by atoms with Crippen molar-refractivity contribution in [2.75, 3.05) is 0 Å². The second-order valence-corrected chi connectivity index (χ2v) is 5.68. The zero-order valence-corrected chi connectivity index (χ0v) is 11.6. The minimum atomic E-state index is -0.378. The molecule has 0 radical (unpaired) electrons. The quantitative estimate of drug-likeness (QED) is 0.788. The maximum absolute atomic E-state index is 5.48. The van der Waals surface area contributed by atoms with Gasteiger partial charge in [0, 0.05) is 6.20 Å². The highest BCUT2D eigenvalue weighted by molar-refractivity contribution is 7.80. The molecule has 0 aliphatic carbocycles. The Morgan fingerprint density at radius 3 is 2.47 bits per heavy atom. The van der Waals surface area contributed by atoms with E-state index in [0.717, 1.165) is 10.7 Å². The minimum absolute atomic E-state index is 0.179. The molecule has 0 saturated carbocycles. The van der Waals surface area contributed by atoms with Gasteiger partial charge in [-0.15, -0.1) is 0 Å². The number of hydrogen-bond acceptors (Lipinski definition) is 3. The molecule has 2 N–H and O–H groups in total. The number of thiocarbonyl (C=S) groups is 1. The molecule has 3 nitrogen and oxygen atoms in total. The number of pyridine rings is 1. The van der Waals surface area contributed by atoms with Gasteiger partial charge in [-0.05, 0) is 31.9 Å². The van der Waals surface area contributed by atoms with E-state index in [0.29, 0.717) is 5.92 Å². The molecule has 1 aliphatic heterocycles. The summed E-state index contributed by atoms with van der Waals surface area (Å²) in [6.45, 7) is 8.56. The lowest BCUT2D eigenvalue weighted by atomic mass is 9.89. The highest BCUT2D eigenvalue weighted by atomic mass is 32.1. The molecule has 1 aliphatic rings. The summed E-state index contributed by atoms with van der Waals surface area (Å²) in [6.07, 6.45) is 1.80. The molecule has 0 amide bonds. The van der Waals surface area contributed by atoms with Crippen molar-refractivity contribution < 1.29 is 0 Å². The van der Waals surface area contributed by atoms with Gasteiger partial charge in [-0.3, -0.25) is 10.3 Å². The van der Waals surface area contributed by atoms with Gasteiger partial charge < -0.3 is 5.32 Å². The number of nitrogens with one attached hydrogen (secondary N) is 2. The third kappa shape index (κ3) is 1.96. The maximum Gasteiger partial charge on any atom is 0.130 e. The molecule has 2 heterocycles. The SMILES string of the molecule is CC(C)[C@]1(C)N[C@@](C)(c2ccccn2)NC1=S. The fourth-order valence-corrected chi connectivity index (χ4v) is 2.65. The van der Waals surface area contributed by atoms with E-state index in [2.05, 4.69) is 43.3 Å². The molecule has 17 heavy (non-hydrogen) atoms. The van der Waals surface area contributed by atoms with Crippen molar-refractivity contribution >= 4 is 17.2 Å². The molecule has 0 bridgehead atoms. The lowest BCUT2D eigenvalue weighted by molar-refractivity contribution is 0.274. The van der Waals surface area contributed by atoms with Crippen LogP contribution in [0.5, 0.6) is 0 Å². The van der Waals surface area contributed by atoms with Gasteiger partial charge in [0.25, 0.3) is 0 Å². The predicted octanol–water partition coefficient (Wildman–Crippen LogP) is 2.19. The largest absolute Gasteiger partial charge is 0.355 e. The molecule has 2 atom stereocenters. The van der Waals surface area contributed by atoms with Crippen LogP contribution in [-0.2, 0) is 5.66 Å². The fourth-order valence-electron chi connectivity index (χ4n) is 2.16. The number of rotatable bonds is 2. The molecular weight excluding hydrogens is 230 g/mol. The van der Waals surface area contributed by atoms with Gasteiger partial charge in [-0.25, -0.2) is 0 Å². The normalized spacial score (nSPS) is 32.9. The Bertz CT molecular complexity index is 432. The molecule has 1 saturated heterocycles. The Morgan fingerprint density at radius 1 is 1.29 bits per heavy atom. The van der Waals surface area contributed by atoms with Crippen LogP contribution in [0.4, 0.5) is 0 Å². The Hall–Kier alpha value is -1.00. The molecule has 92 valence electrons. The summed E-state index contributed by atoms with van der Waals surface area (Å²) >= 11 is 5.48. The van der Waals surface area contributed by atoms with E-state index < -0.39 is 0 Å². The standard InChI is InChI=1S/C13H19N3S/c1-9(2)12(3)11(17)15-13(4,16-12)10-7-5-6-8-14-10/h5-9,16H,1-4H3,(H,15,17)/t12-,13-/m0/s1.